The van der Waals surface area contributed by atoms with Gasteiger partial charge in [0.2, 0.25) is 5.91 Å². The van der Waals surface area contributed by atoms with Crippen LogP contribution >= 0.6 is 11.6 Å². The zero-order chi connectivity index (χ0) is 13.5. The zero-order valence-corrected chi connectivity index (χ0v) is 11.6. The fourth-order valence-corrected chi connectivity index (χ4v) is 2.01. The predicted molar refractivity (Wildman–Crippen MR) is 75.9 cm³/mol. The van der Waals surface area contributed by atoms with Crippen molar-refractivity contribution in [3.63, 3.8) is 0 Å². The molecule has 0 unspecified atom stereocenters. The second kappa shape index (κ2) is 7.24. The number of amides is 1. The molecule has 0 saturated heterocycles. The molecule has 0 aliphatic heterocycles. The van der Waals surface area contributed by atoms with Gasteiger partial charge in [0.1, 0.15) is 0 Å². The lowest BCUT2D eigenvalue weighted by atomic mass is 10.1. The van der Waals surface area contributed by atoms with E-state index in [9.17, 15) is 4.79 Å². The highest BCUT2D eigenvalue weighted by Crippen LogP contribution is 2.24. The minimum Gasteiger partial charge on any atom is -0.368 e. The summed E-state index contributed by atoms with van der Waals surface area (Å²) in [7, 11) is 0. The quantitative estimate of drug-likeness (QED) is 0.793. The third-order valence-corrected chi connectivity index (χ3v) is 2.91. The van der Waals surface area contributed by atoms with Crippen LogP contribution in [-0.2, 0) is 11.3 Å². The van der Waals surface area contributed by atoms with Crippen LogP contribution in [0.1, 0.15) is 19.4 Å². The molecule has 0 aliphatic rings. The molecule has 0 aliphatic carbocycles. The van der Waals surface area contributed by atoms with Crippen LogP contribution < -0.4 is 16.0 Å². The fraction of sp³-hybridized carbons (Fsp3) is 0.462. The first-order valence-corrected chi connectivity index (χ1v) is 6.48. The minimum atomic E-state index is -0.332. The van der Waals surface area contributed by atoms with E-state index >= 15 is 0 Å². The summed E-state index contributed by atoms with van der Waals surface area (Å²) in [6.45, 7) is 6.59. The lowest BCUT2D eigenvalue weighted by molar-refractivity contribution is -0.116. The van der Waals surface area contributed by atoms with Crippen LogP contribution in [0, 0.1) is 0 Å². The smallest absolute Gasteiger partial charge is 0.236 e. The molecular formula is C13H20ClN3O. The van der Waals surface area contributed by atoms with Gasteiger partial charge in [-0.25, -0.2) is 0 Å². The second-order valence-electron chi connectivity index (χ2n) is 4.03. The molecule has 0 aromatic heterocycles. The van der Waals surface area contributed by atoms with E-state index in [4.69, 9.17) is 17.3 Å². The monoisotopic (exact) mass is 269 g/mol. The fourth-order valence-electron chi connectivity index (χ4n) is 1.82. The van der Waals surface area contributed by atoms with Gasteiger partial charge in [-0.2, -0.15) is 0 Å². The number of rotatable bonds is 7. The summed E-state index contributed by atoms with van der Waals surface area (Å²) in [5.41, 5.74) is 7.34. The van der Waals surface area contributed by atoms with Gasteiger partial charge in [0.25, 0.3) is 0 Å². The lowest BCUT2D eigenvalue weighted by Crippen LogP contribution is -2.34. The van der Waals surface area contributed by atoms with Crippen molar-refractivity contribution in [3.8, 4) is 0 Å². The van der Waals surface area contributed by atoms with E-state index in [1.54, 1.807) is 0 Å². The zero-order valence-electron chi connectivity index (χ0n) is 10.9. The number of hydrogen-bond donors (Lipinski definition) is 2. The molecule has 3 N–H and O–H groups in total. The Bertz CT molecular complexity index is 409. The molecule has 0 fully saturated rings. The van der Waals surface area contributed by atoms with Crippen LogP contribution in [0.4, 0.5) is 5.69 Å². The largest absolute Gasteiger partial charge is 0.368 e. The number of carbonyl (C=O) groups is 1. The van der Waals surface area contributed by atoms with Gasteiger partial charge >= 0.3 is 0 Å². The number of primary amides is 1. The maximum Gasteiger partial charge on any atom is 0.236 e. The number of nitrogens with one attached hydrogen (secondary N) is 1. The number of nitrogens with two attached hydrogens (primary N) is 1. The number of halogens is 1. The number of likely N-dealkylation sites (N-methyl/N-ethyl adjacent to an activating group) is 1. The number of benzene rings is 1. The van der Waals surface area contributed by atoms with Crippen LogP contribution in [0.15, 0.2) is 18.2 Å². The van der Waals surface area contributed by atoms with E-state index in [1.807, 2.05) is 36.9 Å². The van der Waals surface area contributed by atoms with Crippen molar-refractivity contribution in [2.24, 2.45) is 5.73 Å². The highest BCUT2D eigenvalue weighted by molar-refractivity contribution is 6.30. The number of anilines is 1. The Morgan fingerprint density at radius 2 is 2.17 bits per heavy atom. The van der Waals surface area contributed by atoms with E-state index in [1.165, 1.54) is 0 Å². The Balaban J connectivity index is 2.99. The third-order valence-electron chi connectivity index (χ3n) is 2.68. The molecule has 0 spiro atoms. The molecule has 0 atom stereocenters. The molecule has 1 amide bonds. The van der Waals surface area contributed by atoms with Crippen molar-refractivity contribution in [3.05, 3.63) is 28.8 Å². The highest BCUT2D eigenvalue weighted by atomic mass is 35.5. The van der Waals surface area contributed by atoms with Gasteiger partial charge < -0.3 is 16.0 Å². The summed E-state index contributed by atoms with van der Waals surface area (Å²) in [5, 5.41) is 3.96. The maximum absolute atomic E-state index is 11.1. The summed E-state index contributed by atoms with van der Waals surface area (Å²) in [6, 6.07) is 5.68. The molecule has 0 bridgehead atoms. The molecule has 100 valence electrons. The highest BCUT2D eigenvalue weighted by Gasteiger charge is 2.12. The van der Waals surface area contributed by atoms with Gasteiger partial charge in [-0.3, -0.25) is 4.79 Å². The van der Waals surface area contributed by atoms with E-state index in [-0.39, 0.29) is 12.5 Å². The molecule has 0 heterocycles. The van der Waals surface area contributed by atoms with Gasteiger partial charge in [-0.1, -0.05) is 18.5 Å². The van der Waals surface area contributed by atoms with Crippen LogP contribution in [0.2, 0.25) is 5.02 Å². The molecule has 1 aromatic carbocycles. The van der Waals surface area contributed by atoms with Crippen molar-refractivity contribution < 1.29 is 4.79 Å². The van der Waals surface area contributed by atoms with Crippen LogP contribution in [0.5, 0.6) is 0 Å². The van der Waals surface area contributed by atoms with Crippen molar-refractivity contribution in [2.45, 2.75) is 20.4 Å². The second-order valence-corrected chi connectivity index (χ2v) is 4.47. The van der Waals surface area contributed by atoms with Crippen LogP contribution in [0.25, 0.3) is 0 Å². The standard InChI is InChI=1S/C13H20ClN3O/c1-3-16-8-10-7-11(14)5-6-12(10)17(4-2)9-13(15)18/h5-7,16H,3-4,8-9H2,1-2H3,(H2,15,18). The number of carbonyl (C=O) groups excluding carboxylic acids is 1. The van der Waals surface area contributed by atoms with Crippen LogP contribution in [-0.4, -0.2) is 25.5 Å². The SMILES string of the molecule is CCNCc1cc(Cl)ccc1N(CC)CC(N)=O. The van der Waals surface area contributed by atoms with E-state index in [0.717, 1.165) is 30.9 Å². The summed E-state index contributed by atoms with van der Waals surface area (Å²) in [6.07, 6.45) is 0. The van der Waals surface area contributed by atoms with E-state index < -0.39 is 0 Å². The maximum atomic E-state index is 11.1. The first-order valence-electron chi connectivity index (χ1n) is 6.10. The molecular weight excluding hydrogens is 250 g/mol. The topological polar surface area (TPSA) is 58.4 Å². The number of nitrogens with zero attached hydrogens (tertiary/aromatic N) is 1. The third kappa shape index (κ3) is 4.20. The molecule has 18 heavy (non-hydrogen) atoms. The average Bonchev–Trinajstić information content (AvgIpc) is 2.33. The van der Waals surface area contributed by atoms with Crippen LogP contribution in [0.3, 0.4) is 0 Å². The van der Waals surface area contributed by atoms with Crippen molar-refractivity contribution in [1.82, 2.24) is 5.32 Å². The lowest BCUT2D eigenvalue weighted by Gasteiger charge is -2.24. The first-order chi connectivity index (χ1) is 8.58. The molecule has 4 nitrogen and oxygen atoms in total. The molecule has 0 saturated carbocycles. The molecule has 0 radical (unpaired) electrons. The van der Waals surface area contributed by atoms with Gasteiger partial charge in [0.05, 0.1) is 6.54 Å². The van der Waals surface area contributed by atoms with Crippen molar-refractivity contribution >= 4 is 23.2 Å². The molecule has 1 rings (SSSR count). The van der Waals surface area contributed by atoms with Crippen molar-refractivity contribution in [2.75, 3.05) is 24.5 Å². The predicted octanol–water partition coefficient (Wildman–Crippen LogP) is 1.76. The van der Waals surface area contributed by atoms with Gasteiger partial charge in [0.15, 0.2) is 0 Å². The Morgan fingerprint density at radius 3 is 2.72 bits per heavy atom. The van der Waals surface area contributed by atoms with E-state index in [2.05, 4.69) is 5.32 Å². The van der Waals surface area contributed by atoms with Gasteiger partial charge in [0, 0.05) is 23.8 Å². The summed E-state index contributed by atoms with van der Waals surface area (Å²) in [4.78, 5) is 13.0. The average molecular weight is 270 g/mol. The minimum absolute atomic E-state index is 0.220. The van der Waals surface area contributed by atoms with Crippen molar-refractivity contribution in [1.29, 1.82) is 0 Å². The van der Waals surface area contributed by atoms with Gasteiger partial charge in [-0.05, 0) is 37.2 Å². The molecule has 5 heteroatoms. The molecule has 1 aromatic rings. The van der Waals surface area contributed by atoms with E-state index in [0.29, 0.717) is 5.02 Å². The summed E-state index contributed by atoms with van der Waals surface area (Å²) >= 11 is 6.01. The summed E-state index contributed by atoms with van der Waals surface area (Å²) < 4.78 is 0. The Hall–Kier alpha value is -1.26. The first kappa shape index (κ1) is 14.8. The number of hydrogen-bond acceptors (Lipinski definition) is 3. The van der Waals surface area contributed by atoms with Gasteiger partial charge in [-0.15, -0.1) is 0 Å². The Labute approximate surface area is 113 Å². The Morgan fingerprint density at radius 1 is 1.44 bits per heavy atom. The summed E-state index contributed by atoms with van der Waals surface area (Å²) in [5.74, 6) is -0.332. The Kier molecular flexibility index (Phi) is 5.95. The normalized spacial score (nSPS) is 10.4.